The number of halogens is 2. The zero-order valence-electron chi connectivity index (χ0n) is 20.8. The standard InChI is InChI=1S/C28H31Cl2N3O3S/c1-21-11-13-24(14-12-21)37(35,36)33(26-10-6-9-25(29)28(26)30)20-27(34)31-18-22-7-5-8-23(17-22)19-32-15-3-2-4-16-32/h5-14,17H,2-4,15-16,18-20H2,1H3,(H,31,34). The second-order valence-electron chi connectivity index (χ2n) is 9.33. The lowest BCUT2D eigenvalue weighted by molar-refractivity contribution is -0.119. The van der Waals surface area contributed by atoms with E-state index in [2.05, 4.69) is 22.3 Å². The number of hydrogen-bond acceptors (Lipinski definition) is 4. The fourth-order valence-corrected chi connectivity index (χ4v) is 6.30. The van der Waals surface area contributed by atoms with Crippen LogP contribution in [0.25, 0.3) is 0 Å². The molecule has 1 amide bonds. The molecule has 0 bridgehead atoms. The summed E-state index contributed by atoms with van der Waals surface area (Å²) in [6.07, 6.45) is 3.75. The average Bonchev–Trinajstić information content (AvgIpc) is 2.89. The summed E-state index contributed by atoms with van der Waals surface area (Å²) in [6.45, 7) is 4.82. The molecular weight excluding hydrogens is 529 g/mol. The lowest BCUT2D eigenvalue weighted by Gasteiger charge is -2.26. The SMILES string of the molecule is Cc1ccc(S(=O)(=O)N(CC(=O)NCc2cccc(CN3CCCCC3)c2)c2cccc(Cl)c2Cl)cc1. The first-order chi connectivity index (χ1) is 17.7. The normalized spacial score (nSPS) is 14.4. The Bertz CT molecular complexity index is 1340. The van der Waals surface area contributed by atoms with Crippen LogP contribution in [0.5, 0.6) is 0 Å². The van der Waals surface area contributed by atoms with Gasteiger partial charge in [-0.3, -0.25) is 14.0 Å². The Morgan fingerprint density at radius 3 is 2.35 bits per heavy atom. The summed E-state index contributed by atoms with van der Waals surface area (Å²) in [5.74, 6) is -0.451. The average molecular weight is 561 g/mol. The number of aryl methyl sites for hydroxylation is 1. The molecule has 0 aromatic heterocycles. The molecule has 0 atom stereocenters. The Kier molecular flexibility index (Phi) is 9.13. The number of rotatable bonds is 9. The van der Waals surface area contributed by atoms with Crippen molar-refractivity contribution in [3.63, 3.8) is 0 Å². The highest BCUT2D eigenvalue weighted by molar-refractivity contribution is 7.92. The minimum Gasteiger partial charge on any atom is -0.350 e. The third kappa shape index (κ3) is 7.05. The number of carbonyl (C=O) groups excluding carboxylic acids is 1. The number of anilines is 1. The highest BCUT2D eigenvalue weighted by atomic mass is 35.5. The van der Waals surface area contributed by atoms with Crippen LogP contribution in [0.1, 0.15) is 36.0 Å². The van der Waals surface area contributed by atoms with Crippen molar-refractivity contribution in [1.82, 2.24) is 10.2 Å². The Balaban J connectivity index is 1.50. The van der Waals surface area contributed by atoms with Gasteiger partial charge in [-0.05, 0) is 68.2 Å². The van der Waals surface area contributed by atoms with Gasteiger partial charge in [-0.1, -0.05) is 77.7 Å². The van der Waals surface area contributed by atoms with E-state index >= 15 is 0 Å². The van der Waals surface area contributed by atoms with E-state index in [0.29, 0.717) is 0 Å². The smallest absolute Gasteiger partial charge is 0.264 e. The topological polar surface area (TPSA) is 69.7 Å². The minimum atomic E-state index is -4.09. The van der Waals surface area contributed by atoms with Crippen LogP contribution in [0.15, 0.2) is 71.6 Å². The number of likely N-dealkylation sites (tertiary alicyclic amines) is 1. The van der Waals surface area contributed by atoms with Gasteiger partial charge in [0.05, 0.1) is 20.6 Å². The van der Waals surface area contributed by atoms with Gasteiger partial charge in [-0.15, -0.1) is 0 Å². The van der Waals surface area contributed by atoms with E-state index < -0.39 is 22.5 Å². The second kappa shape index (κ2) is 12.3. The van der Waals surface area contributed by atoms with Gasteiger partial charge in [0.1, 0.15) is 6.54 Å². The molecule has 1 N–H and O–H groups in total. The molecule has 4 rings (SSSR count). The molecule has 9 heteroatoms. The van der Waals surface area contributed by atoms with Crippen LogP contribution in [0.4, 0.5) is 5.69 Å². The maximum absolute atomic E-state index is 13.6. The summed E-state index contributed by atoms with van der Waals surface area (Å²) in [7, 11) is -4.09. The van der Waals surface area contributed by atoms with Gasteiger partial charge in [0.15, 0.2) is 0 Å². The van der Waals surface area contributed by atoms with E-state index in [4.69, 9.17) is 23.2 Å². The zero-order chi connectivity index (χ0) is 26.4. The molecule has 3 aromatic carbocycles. The number of sulfonamides is 1. The Morgan fingerprint density at radius 2 is 1.62 bits per heavy atom. The molecule has 196 valence electrons. The van der Waals surface area contributed by atoms with Crippen LogP contribution in [0, 0.1) is 6.92 Å². The molecule has 6 nitrogen and oxygen atoms in total. The summed E-state index contributed by atoms with van der Waals surface area (Å²) >= 11 is 12.6. The number of benzene rings is 3. The van der Waals surface area contributed by atoms with Crippen LogP contribution in [0.3, 0.4) is 0 Å². The minimum absolute atomic E-state index is 0.0624. The van der Waals surface area contributed by atoms with E-state index in [0.717, 1.165) is 35.1 Å². The zero-order valence-corrected chi connectivity index (χ0v) is 23.1. The maximum Gasteiger partial charge on any atom is 0.264 e. The van der Waals surface area contributed by atoms with Crippen molar-refractivity contribution in [3.8, 4) is 0 Å². The first-order valence-electron chi connectivity index (χ1n) is 12.3. The van der Waals surface area contributed by atoms with Gasteiger partial charge in [-0.25, -0.2) is 8.42 Å². The molecule has 37 heavy (non-hydrogen) atoms. The third-order valence-electron chi connectivity index (χ3n) is 6.43. The lowest BCUT2D eigenvalue weighted by Crippen LogP contribution is -2.40. The molecule has 0 aliphatic carbocycles. The first kappa shape index (κ1) is 27.5. The highest BCUT2D eigenvalue weighted by Crippen LogP contribution is 2.35. The van der Waals surface area contributed by atoms with Gasteiger partial charge in [0, 0.05) is 13.1 Å². The van der Waals surface area contributed by atoms with E-state index in [1.165, 1.54) is 43.0 Å². The maximum atomic E-state index is 13.6. The van der Waals surface area contributed by atoms with Crippen molar-refractivity contribution in [2.45, 2.75) is 44.2 Å². The van der Waals surface area contributed by atoms with Gasteiger partial charge in [-0.2, -0.15) is 0 Å². The van der Waals surface area contributed by atoms with Crippen LogP contribution in [0.2, 0.25) is 10.0 Å². The summed E-state index contributed by atoms with van der Waals surface area (Å²) in [5.41, 5.74) is 3.22. The second-order valence-corrected chi connectivity index (χ2v) is 12.0. The molecule has 0 unspecified atom stereocenters. The molecule has 1 aliphatic rings. The molecule has 0 radical (unpaired) electrons. The predicted molar refractivity (Wildman–Crippen MR) is 150 cm³/mol. The Morgan fingerprint density at radius 1 is 0.946 bits per heavy atom. The molecule has 3 aromatic rings. The fourth-order valence-electron chi connectivity index (χ4n) is 4.42. The molecule has 1 aliphatic heterocycles. The monoisotopic (exact) mass is 559 g/mol. The molecular formula is C28H31Cl2N3O3S. The lowest BCUT2D eigenvalue weighted by atomic mass is 10.1. The van der Waals surface area contributed by atoms with Crippen molar-refractivity contribution < 1.29 is 13.2 Å². The van der Waals surface area contributed by atoms with Gasteiger partial charge in [0.25, 0.3) is 10.0 Å². The van der Waals surface area contributed by atoms with Crippen LogP contribution < -0.4 is 9.62 Å². The summed E-state index contributed by atoms with van der Waals surface area (Å²) < 4.78 is 28.2. The number of piperidine rings is 1. The Labute approximate surface area is 229 Å². The number of hydrogen-bond donors (Lipinski definition) is 1. The molecule has 0 spiro atoms. The number of nitrogens with zero attached hydrogens (tertiary/aromatic N) is 2. The number of carbonyl (C=O) groups is 1. The third-order valence-corrected chi connectivity index (χ3v) is 9.01. The predicted octanol–water partition coefficient (Wildman–Crippen LogP) is 5.80. The van der Waals surface area contributed by atoms with Crippen LogP contribution >= 0.6 is 23.2 Å². The molecule has 1 saturated heterocycles. The van der Waals surface area contributed by atoms with Gasteiger partial charge >= 0.3 is 0 Å². The quantitative estimate of drug-likeness (QED) is 0.359. The van der Waals surface area contributed by atoms with Gasteiger partial charge in [0.2, 0.25) is 5.91 Å². The van der Waals surface area contributed by atoms with Crippen molar-refractivity contribution in [1.29, 1.82) is 0 Å². The fraction of sp³-hybridized carbons (Fsp3) is 0.321. The van der Waals surface area contributed by atoms with Crippen LogP contribution in [-0.2, 0) is 27.9 Å². The largest absolute Gasteiger partial charge is 0.350 e. The highest BCUT2D eigenvalue weighted by Gasteiger charge is 2.29. The van der Waals surface area contributed by atoms with E-state index in [9.17, 15) is 13.2 Å². The summed E-state index contributed by atoms with van der Waals surface area (Å²) in [4.78, 5) is 15.5. The number of amides is 1. The van der Waals surface area contributed by atoms with E-state index in [1.807, 2.05) is 19.1 Å². The molecule has 0 saturated carbocycles. The Hall–Kier alpha value is -2.58. The van der Waals surface area contributed by atoms with Gasteiger partial charge < -0.3 is 5.32 Å². The summed E-state index contributed by atoms with van der Waals surface area (Å²) in [6, 6.07) is 19.3. The molecule has 1 fully saturated rings. The van der Waals surface area contributed by atoms with E-state index in [1.54, 1.807) is 24.3 Å². The van der Waals surface area contributed by atoms with Crippen molar-refractivity contribution in [2.24, 2.45) is 0 Å². The summed E-state index contributed by atoms with van der Waals surface area (Å²) in [5, 5.41) is 3.13. The first-order valence-corrected chi connectivity index (χ1v) is 14.5. The molecule has 1 heterocycles. The van der Waals surface area contributed by atoms with Crippen LogP contribution in [-0.4, -0.2) is 38.9 Å². The van der Waals surface area contributed by atoms with E-state index in [-0.39, 0.29) is 27.2 Å². The van der Waals surface area contributed by atoms with Crippen molar-refractivity contribution in [2.75, 3.05) is 23.9 Å². The number of nitrogens with one attached hydrogen (secondary N) is 1. The van der Waals surface area contributed by atoms with Crippen molar-refractivity contribution >= 4 is 44.8 Å². The van der Waals surface area contributed by atoms with Crippen molar-refractivity contribution in [3.05, 3.63) is 93.5 Å².